The molecule has 0 spiro atoms. The number of aryl methyl sites for hydroxylation is 1. The van der Waals surface area contributed by atoms with Crippen molar-refractivity contribution < 1.29 is 4.74 Å². The van der Waals surface area contributed by atoms with Gasteiger partial charge in [0.1, 0.15) is 5.75 Å². The molecular formula is C19H28N6O. The predicted molar refractivity (Wildman–Crippen MR) is 105 cm³/mol. The molecule has 0 bridgehead atoms. The predicted octanol–water partition coefficient (Wildman–Crippen LogP) is 1.76. The lowest BCUT2D eigenvalue weighted by molar-refractivity contribution is 0.415. The molecule has 7 heteroatoms. The summed E-state index contributed by atoms with van der Waals surface area (Å²) in [6, 6.07) is 10.5. The zero-order chi connectivity index (χ0) is 18.4. The quantitative estimate of drug-likeness (QED) is 0.610. The molecule has 1 atom stereocenters. The Labute approximate surface area is 155 Å². The van der Waals surface area contributed by atoms with Crippen molar-refractivity contribution >= 4 is 11.6 Å². The molecule has 1 aromatic heterocycles. The van der Waals surface area contributed by atoms with Crippen LogP contribution in [0.15, 0.2) is 41.5 Å². The fourth-order valence-electron chi connectivity index (χ4n) is 3.22. The highest BCUT2D eigenvalue weighted by Crippen LogP contribution is 2.30. The van der Waals surface area contributed by atoms with E-state index in [0.29, 0.717) is 12.6 Å². The molecule has 1 fully saturated rings. The number of guanidine groups is 1. The van der Waals surface area contributed by atoms with Crippen LogP contribution in [0.2, 0.25) is 0 Å². The maximum Gasteiger partial charge on any atom is 0.191 e. The molecule has 0 saturated carbocycles. The molecule has 1 aromatic carbocycles. The number of rotatable bonds is 6. The number of nitrogens with one attached hydrogen (secondary N) is 2. The second-order valence-corrected chi connectivity index (χ2v) is 6.39. The van der Waals surface area contributed by atoms with E-state index < -0.39 is 0 Å². The monoisotopic (exact) mass is 356 g/mol. The van der Waals surface area contributed by atoms with Crippen molar-refractivity contribution in [2.45, 2.75) is 25.9 Å². The molecule has 0 amide bonds. The van der Waals surface area contributed by atoms with Gasteiger partial charge in [-0.05, 0) is 31.5 Å². The maximum absolute atomic E-state index is 5.50. The number of hydrogen-bond acceptors (Lipinski definition) is 4. The van der Waals surface area contributed by atoms with Gasteiger partial charge in [0.2, 0.25) is 0 Å². The average Bonchev–Trinajstić information content (AvgIpc) is 3.29. The lowest BCUT2D eigenvalue weighted by atomic mass is 10.2. The van der Waals surface area contributed by atoms with Crippen LogP contribution in [-0.2, 0) is 13.6 Å². The van der Waals surface area contributed by atoms with Crippen molar-refractivity contribution in [3.63, 3.8) is 0 Å². The molecule has 0 aliphatic carbocycles. The van der Waals surface area contributed by atoms with Gasteiger partial charge in [0, 0.05) is 38.9 Å². The number of hydrogen-bond donors (Lipinski definition) is 2. The van der Waals surface area contributed by atoms with Crippen LogP contribution in [-0.4, -0.2) is 48.5 Å². The second kappa shape index (κ2) is 8.60. The lowest BCUT2D eigenvalue weighted by Crippen LogP contribution is -2.44. The summed E-state index contributed by atoms with van der Waals surface area (Å²) in [5.74, 6) is 1.77. The first-order chi connectivity index (χ1) is 12.7. The average molecular weight is 356 g/mol. The Morgan fingerprint density at radius 2 is 2.19 bits per heavy atom. The summed E-state index contributed by atoms with van der Waals surface area (Å²) >= 11 is 0. The normalized spacial score (nSPS) is 17.4. The third-order valence-corrected chi connectivity index (χ3v) is 4.62. The first-order valence-electron chi connectivity index (χ1n) is 9.11. The Morgan fingerprint density at radius 3 is 2.92 bits per heavy atom. The Bertz CT molecular complexity index is 741. The summed E-state index contributed by atoms with van der Waals surface area (Å²) in [6.45, 7) is 5.45. The van der Waals surface area contributed by atoms with E-state index in [1.54, 1.807) is 13.3 Å². The van der Waals surface area contributed by atoms with Crippen molar-refractivity contribution in [2.24, 2.45) is 12.0 Å². The summed E-state index contributed by atoms with van der Waals surface area (Å²) < 4.78 is 7.35. The van der Waals surface area contributed by atoms with Gasteiger partial charge in [-0.3, -0.25) is 4.68 Å². The van der Waals surface area contributed by atoms with Crippen molar-refractivity contribution in [2.75, 3.05) is 31.6 Å². The highest BCUT2D eigenvalue weighted by Gasteiger charge is 2.25. The molecule has 7 nitrogen and oxygen atoms in total. The summed E-state index contributed by atoms with van der Waals surface area (Å²) in [4.78, 5) is 7.06. The third kappa shape index (κ3) is 4.28. The number of ether oxygens (including phenoxy) is 1. The van der Waals surface area contributed by atoms with Crippen LogP contribution in [0.4, 0.5) is 5.69 Å². The highest BCUT2D eigenvalue weighted by atomic mass is 16.5. The maximum atomic E-state index is 5.50. The van der Waals surface area contributed by atoms with E-state index in [4.69, 9.17) is 9.73 Å². The van der Waals surface area contributed by atoms with Crippen LogP contribution in [0, 0.1) is 0 Å². The van der Waals surface area contributed by atoms with Crippen molar-refractivity contribution in [1.82, 2.24) is 20.4 Å². The van der Waals surface area contributed by atoms with E-state index in [-0.39, 0.29) is 0 Å². The van der Waals surface area contributed by atoms with Gasteiger partial charge >= 0.3 is 0 Å². The summed E-state index contributed by atoms with van der Waals surface area (Å²) in [5.41, 5.74) is 2.24. The Kier molecular flexibility index (Phi) is 5.99. The number of aliphatic imine (C=N–C) groups is 1. The van der Waals surface area contributed by atoms with E-state index in [2.05, 4.69) is 39.7 Å². The van der Waals surface area contributed by atoms with Gasteiger partial charge in [-0.1, -0.05) is 12.1 Å². The minimum atomic E-state index is 0.351. The number of methoxy groups -OCH3 is 1. The third-order valence-electron chi connectivity index (χ3n) is 4.62. The minimum absolute atomic E-state index is 0.351. The van der Waals surface area contributed by atoms with E-state index in [0.717, 1.165) is 49.1 Å². The van der Waals surface area contributed by atoms with Gasteiger partial charge in [-0.15, -0.1) is 0 Å². The molecule has 2 heterocycles. The molecule has 1 aliphatic rings. The van der Waals surface area contributed by atoms with Gasteiger partial charge in [0.25, 0.3) is 0 Å². The van der Waals surface area contributed by atoms with Gasteiger partial charge in [-0.2, -0.15) is 5.10 Å². The van der Waals surface area contributed by atoms with Gasteiger partial charge < -0.3 is 20.3 Å². The zero-order valence-electron chi connectivity index (χ0n) is 15.8. The highest BCUT2D eigenvalue weighted by molar-refractivity contribution is 5.80. The van der Waals surface area contributed by atoms with E-state index in [1.807, 2.05) is 29.9 Å². The topological polar surface area (TPSA) is 66.7 Å². The summed E-state index contributed by atoms with van der Waals surface area (Å²) in [6.07, 6.45) is 2.86. The fraction of sp³-hybridized carbons (Fsp3) is 0.474. The Morgan fingerprint density at radius 1 is 1.35 bits per heavy atom. The molecule has 0 radical (unpaired) electrons. The van der Waals surface area contributed by atoms with Crippen LogP contribution >= 0.6 is 0 Å². The number of benzene rings is 1. The van der Waals surface area contributed by atoms with Crippen LogP contribution < -0.4 is 20.3 Å². The van der Waals surface area contributed by atoms with Gasteiger partial charge in [0.05, 0.1) is 25.0 Å². The van der Waals surface area contributed by atoms with E-state index >= 15 is 0 Å². The van der Waals surface area contributed by atoms with Crippen molar-refractivity contribution in [3.05, 3.63) is 42.2 Å². The van der Waals surface area contributed by atoms with E-state index in [1.165, 1.54) is 0 Å². The SMILES string of the molecule is CCNC(=NCc1ccnn1C)NC1CCN(c2ccccc2OC)C1. The van der Waals surface area contributed by atoms with Crippen molar-refractivity contribution in [3.8, 4) is 5.75 Å². The number of aromatic nitrogens is 2. The fourth-order valence-corrected chi connectivity index (χ4v) is 3.22. The van der Waals surface area contributed by atoms with Crippen LogP contribution in [0.3, 0.4) is 0 Å². The first-order valence-corrected chi connectivity index (χ1v) is 9.11. The van der Waals surface area contributed by atoms with Crippen molar-refractivity contribution in [1.29, 1.82) is 0 Å². The van der Waals surface area contributed by atoms with Gasteiger partial charge in [-0.25, -0.2) is 4.99 Å². The number of para-hydroxylation sites is 2. The van der Waals surface area contributed by atoms with Crippen LogP contribution in [0.5, 0.6) is 5.75 Å². The molecule has 3 rings (SSSR count). The minimum Gasteiger partial charge on any atom is -0.495 e. The van der Waals surface area contributed by atoms with Crippen LogP contribution in [0.25, 0.3) is 0 Å². The molecule has 1 unspecified atom stereocenters. The molecule has 1 saturated heterocycles. The molecule has 1 aliphatic heterocycles. The number of nitrogens with zero attached hydrogens (tertiary/aromatic N) is 4. The second-order valence-electron chi connectivity index (χ2n) is 6.39. The Hall–Kier alpha value is -2.70. The smallest absolute Gasteiger partial charge is 0.191 e. The van der Waals surface area contributed by atoms with E-state index in [9.17, 15) is 0 Å². The Balaban J connectivity index is 1.62. The largest absolute Gasteiger partial charge is 0.495 e. The van der Waals surface area contributed by atoms with Gasteiger partial charge in [0.15, 0.2) is 5.96 Å². The first kappa shape index (κ1) is 18.1. The molecule has 140 valence electrons. The van der Waals surface area contributed by atoms with Crippen LogP contribution in [0.1, 0.15) is 19.0 Å². The summed E-state index contributed by atoms with van der Waals surface area (Å²) in [5, 5.41) is 11.1. The molecule has 2 aromatic rings. The molecule has 2 N–H and O–H groups in total. The molecular weight excluding hydrogens is 328 g/mol. The standard InChI is InChI=1S/C19H28N6O/c1-4-20-19(21-13-16-9-11-22-24(16)2)23-15-10-12-25(14-15)17-7-5-6-8-18(17)26-3/h5-9,11,15H,4,10,12-14H2,1-3H3,(H2,20,21,23). The zero-order valence-corrected chi connectivity index (χ0v) is 15.8. The lowest BCUT2D eigenvalue weighted by Gasteiger charge is -2.22. The molecule has 26 heavy (non-hydrogen) atoms. The number of anilines is 1. The summed E-state index contributed by atoms with van der Waals surface area (Å²) in [7, 11) is 3.66.